The van der Waals surface area contributed by atoms with E-state index >= 15 is 0 Å². The van der Waals surface area contributed by atoms with E-state index in [0.29, 0.717) is 13.1 Å². The molecule has 7 nitrogen and oxygen atoms in total. The minimum absolute atomic E-state index is 0.180. The van der Waals surface area contributed by atoms with Gasteiger partial charge in [0.1, 0.15) is 11.6 Å². The number of nitrogens with one attached hydrogen (secondary N) is 1. The van der Waals surface area contributed by atoms with Crippen molar-refractivity contribution < 1.29 is 23.9 Å². The van der Waals surface area contributed by atoms with E-state index < -0.39 is 23.7 Å². The summed E-state index contributed by atoms with van der Waals surface area (Å²) in [6.45, 7) is 6.29. The molecule has 1 N–H and O–H groups in total. The number of nitrogens with zero attached hydrogens (tertiary/aromatic N) is 1. The van der Waals surface area contributed by atoms with Crippen LogP contribution in [0.1, 0.15) is 51.2 Å². The number of carbonyl (C=O) groups excluding carboxylic acids is 3. The van der Waals surface area contributed by atoms with Crippen molar-refractivity contribution in [2.45, 2.75) is 61.5 Å². The molecule has 2 aromatic carbocycles. The maximum atomic E-state index is 13.1. The van der Waals surface area contributed by atoms with E-state index in [1.165, 1.54) is 39.2 Å². The molecule has 0 radical (unpaired) electrons. The Morgan fingerprint density at radius 3 is 2.06 bits per heavy atom. The number of esters is 1. The fraction of sp³-hybridized carbons (Fsp3) is 0.393. The monoisotopic (exact) mass is 508 g/mol. The first kappa shape index (κ1) is 25.8. The first-order valence-electron chi connectivity index (χ1n) is 12.1. The average molecular weight is 509 g/mol. The summed E-state index contributed by atoms with van der Waals surface area (Å²) in [4.78, 5) is 41.8. The van der Waals surface area contributed by atoms with Gasteiger partial charge in [0.25, 0.3) is 0 Å². The largest absolute Gasteiger partial charge is 0.467 e. The normalized spacial score (nSPS) is 15.9. The third kappa shape index (κ3) is 5.93. The van der Waals surface area contributed by atoms with Crippen LogP contribution in [0.3, 0.4) is 0 Å². The topological polar surface area (TPSA) is 84.9 Å². The van der Waals surface area contributed by atoms with Gasteiger partial charge < -0.3 is 19.7 Å². The summed E-state index contributed by atoms with van der Waals surface area (Å²) in [5, 5.41) is 2.48. The number of rotatable bonds is 4. The van der Waals surface area contributed by atoms with E-state index in [4.69, 9.17) is 9.47 Å². The summed E-state index contributed by atoms with van der Waals surface area (Å²) < 4.78 is 10.0. The Balaban J connectivity index is 1.47. The first-order valence-corrected chi connectivity index (χ1v) is 12.9. The summed E-state index contributed by atoms with van der Waals surface area (Å²) in [6.07, 6.45) is 0.553. The molecular weight excluding hydrogens is 476 g/mol. The smallest absolute Gasteiger partial charge is 0.408 e. The van der Waals surface area contributed by atoms with Gasteiger partial charge >= 0.3 is 12.1 Å². The Labute approximate surface area is 216 Å². The van der Waals surface area contributed by atoms with Gasteiger partial charge in [-0.1, -0.05) is 53.7 Å². The lowest BCUT2D eigenvalue weighted by Crippen LogP contribution is -2.48. The second-order valence-corrected chi connectivity index (χ2v) is 11.0. The molecule has 0 unspecified atom stereocenters. The number of fused-ring (bicyclic) bond motifs is 2. The number of methoxy groups -OCH3 is 1. The molecule has 2 aliphatic heterocycles. The maximum Gasteiger partial charge on any atom is 0.408 e. The maximum absolute atomic E-state index is 13.1. The highest BCUT2D eigenvalue weighted by Crippen LogP contribution is 2.47. The fourth-order valence-corrected chi connectivity index (χ4v) is 5.62. The highest BCUT2D eigenvalue weighted by molar-refractivity contribution is 7.99. The first-order chi connectivity index (χ1) is 17.2. The lowest BCUT2D eigenvalue weighted by Gasteiger charge is -2.33. The predicted molar refractivity (Wildman–Crippen MR) is 139 cm³/mol. The van der Waals surface area contributed by atoms with Gasteiger partial charge in [-0.05, 0) is 62.4 Å². The van der Waals surface area contributed by atoms with Crippen LogP contribution in [0.2, 0.25) is 0 Å². The molecule has 0 saturated carbocycles. The van der Waals surface area contributed by atoms with Crippen molar-refractivity contribution >= 4 is 35.3 Å². The number of amides is 2. The van der Waals surface area contributed by atoms with E-state index in [0.717, 1.165) is 12.8 Å². The Hall–Kier alpha value is -3.26. The fourth-order valence-electron chi connectivity index (χ4n) is 4.53. The van der Waals surface area contributed by atoms with Gasteiger partial charge in [-0.15, -0.1) is 0 Å². The summed E-state index contributed by atoms with van der Waals surface area (Å²) >= 11 is 1.79. The van der Waals surface area contributed by atoms with E-state index in [9.17, 15) is 14.4 Å². The van der Waals surface area contributed by atoms with Crippen LogP contribution in [0.15, 0.2) is 63.9 Å². The molecule has 2 amide bonds. The Morgan fingerprint density at radius 1 is 0.972 bits per heavy atom. The highest BCUT2D eigenvalue weighted by Gasteiger charge is 2.31. The number of hydrogen-bond acceptors (Lipinski definition) is 6. The van der Waals surface area contributed by atoms with Gasteiger partial charge in [0.15, 0.2) is 0 Å². The van der Waals surface area contributed by atoms with E-state index in [2.05, 4.69) is 53.8 Å². The van der Waals surface area contributed by atoms with Crippen molar-refractivity contribution in [1.82, 2.24) is 10.2 Å². The van der Waals surface area contributed by atoms with Crippen LogP contribution in [0.4, 0.5) is 4.79 Å². The van der Waals surface area contributed by atoms with Gasteiger partial charge in [0.2, 0.25) is 5.91 Å². The molecule has 2 heterocycles. The molecule has 1 atom stereocenters. The number of carbonyl (C=O) groups is 3. The molecule has 1 fully saturated rings. The van der Waals surface area contributed by atoms with Crippen LogP contribution in [-0.2, 0) is 19.1 Å². The number of likely N-dealkylation sites (tertiary alicyclic amines) is 1. The molecule has 2 aromatic rings. The Kier molecular flexibility index (Phi) is 7.73. The molecule has 2 aliphatic rings. The molecule has 0 bridgehead atoms. The van der Waals surface area contributed by atoms with Crippen LogP contribution >= 0.6 is 11.8 Å². The summed E-state index contributed by atoms with van der Waals surface area (Å²) in [6, 6.07) is 15.8. The van der Waals surface area contributed by atoms with Gasteiger partial charge in [-0.25, -0.2) is 9.59 Å². The average Bonchev–Trinajstić information content (AvgIpc) is 2.85. The van der Waals surface area contributed by atoms with Crippen LogP contribution in [0.5, 0.6) is 0 Å². The molecule has 190 valence electrons. The molecule has 8 heteroatoms. The molecule has 0 spiro atoms. The SMILES string of the molecule is COC(=O)[C@@H](CC(=O)N1CCC(=C2c3ccccc3Sc3ccccc32)CC1)NC(=O)OC(C)(C)C. The second-order valence-electron chi connectivity index (χ2n) is 9.88. The summed E-state index contributed by atoms with van der Waals surface area (Å²) in [5.74, 6) is -0.882. The second kappa shape index (κ2) is 10.8. The number of benzene rings is 2. The number of piperidine rings is 1. The van der Waals surface area contributed by atoms with E-state index in [1.54, 1.807) is 37.4 Å². The van der Waals surface area contributed by atoms with Crippen LogP contribution in [0, 0.1) is 0 Å². The molecular formula is C28H32N2O5S. The highest BCUT2D eigenvalue weighted by atomic mass is 32.2. The van der Waals surface area contributed by atoms with Crippen LogP contribution < -0.4 is 5.32 Å². The van der Waals surface area contributed by atoms with Crippen LogP contribution in [0.25, 0.3) is 5.57 Å². The van der Waals surface area contributed by atoms with Gasteiger partial charge in [-0.2, -0.15) is 0 Å². The Bertz CT molecular complexity index is 1140. The molecule has 4 rings (SSSR count). The lowest BCUT2D eigenvalue weighted by molar-refractivity contribution is -0.146. The number of hydrogen-bond donors (Lipinski definition) is 1. The predicted octanol–water partition coefficient (Wildman–Crippen LogP) is 5.03. The van der Waals surface area contributed by atoms with Crippen molar-refractivity contribution in [1.29, 1.82) is 0 Å². The zero-order valence-electron chi connectivity index (χ0n) is 21.1. The van der Waals surface area contributed by atoms with Crippen molar-refractivity contribution in [3.05, 3.63) is 65.2 Å². The number of ether oxygens (including phenoxy) is 2. The standard InChI is InChI=1S/C28H32N2O5S/c1-28(2,3)35-27(33)29-21(26(32)34-4)17-24(31)30-15-13-18(14-16-30)25-19-9-5-7-11-22(19)36-23-12-8-6-10-20(23)25/h5-12,21H,13-17H2,1-4H3,(H,29,33)/t21-/m1/s1. The minimum atomic E-state index is -1.11. The van der Waals surface area contributed by atoms with Crippen molar-refractivity contribution in [2.24, 2.45) is 0 Å². The quantitative estimate of drug-likeness (QED) is 0.498. The zero-order chi connectivity index (χ0) is 25.9. The molecule has 0 aromatic heterocycles. The van der Waals surface area contributed by atoms with Gasteiger partial charge in [-0.3, -0.25) is 4.79 Å². The summed E-state index contributed by atoms with van der Waals surface area (Å²) in [7, 11) is 1.23. The number of alkyl carbamates (subject to hydrolysis) is 1. The van der Waals surface area contributed by atoms with Gasteiger partial charge in [0, 0.05) is 22.9 Å². The van der Waals surface area contributed by atoms with Gasteiger partial charge in [0.05, 0.1) is 13.5 Å². The van der Waals surface area contributed by atoms with Crippen molar-refractivity contribution in [3.8, 4) is 0 Å². The van der Waals surface area contributed by atoms with E-state index in [-0.39, 0.29) is 12.3 Å². The lowest BCUT2D eigenvalue weighted by atomic mass is 9.88. The molecule has 1 saturated heterocycles. The van der Waals surface area contributed by atoms with E-state index in [1.807, 2.05) is 0 Å². The molecule has 36 heavy (non-hydrogen) atoms. The minimum Gasteiger partial charge on any atom is -0.467 e. The van der Waals surface area contributed by atoms with Crippen LogP contribution in [-0.4, -0.2) is 54.7 Å². The Morgan fingerprint density at radius 2 is 1.53 bits per heavy atom. The van der Waals surface area contributed by atoms with Crippen molar-refractivity contribution in [2.75, 3.05) is 20.2 Å². The third-order valence-electron chi connectivity index (χ3n) is 6.16. The molecule has 0 aliphatic carbocycles. The van der Waals surface area contributed by atoms with Crippen molar-refractivity contribution in [3.63, 3.8) is 0 Å². The summed E-state index contributed by atoms with van der Waals surface area (Å²) in [5.41, 5.74) is 4.36. The zero-order valence-corrected chi connectivity index (χ0v) is 21.9. The third-order valence-corrected chi connectivity index (χ3v) is 7.31.